The molecule has 0 aliphatic heterocycles. The lowest BCUT2D eigenvalue weighted by Gasteiger charge is -2.14. The Morgan fingerprint density at radius 2 is 2.04 bits per heavy atom. The van der Waals surface area contributed by atoms with Gasteiger partial charge >= 0.3 is 12.2 Å². The summed E-state index contributed by atoms with van der Waals surface area (Å²) in [5.74, 6) is 0. The number of carbonyl (C=O) groups is 1. The lowest BCUT2D eigenvalue weighted by molar-refractivity contribution is -0.137. The lowest BCUT2D eigenvalue weighted by Crippen LogP contribution is -2.30. The number of allylic oxidation sites excluding steroid dienone is 1. The van der Waals surface area contributed by atoms with Crippen molar-refractivity contribution in [1.82, 2.24) is 5.32 Å². The summed E-state index contributed by atoms with van der Waals surface area (Å²) in [6, 6.07) is 2.75. The van der Waals surface area contributed by atoms with Gasteiger partial charge in [-0.05, 0) is 50.3 Å². The maximum absolute atomic E-state index is 12.8. The van der Waals surface area contributed by atoms with Crippen LogP contribution < -0.4 is 10.6 Å². The first-order valence-corrected chi connectivity index (χ1v) is 7.83. The zero-order valence-electron chi connectivity index (χ0n) is 12.5. The minimum Gasteiger partial charge on any atom is -0.338 e. The molecule has 1 aromatic carbocycles. The van der Waals surface area contributed by atoms with E-state index in [0.29, 0.717) is 6.54 Å². The zero-order valence-corrected chi connectivity index (χ0v) is 13.2. The highest BCUT2D eigenvalue weighted by atomic mass is 35.5. The number of anilines is 1. The van der Waals surface area contributed by atoms with Crippen molar-refractivity contribution in [3.05, 3.63) is 40.4 Å². The van der Waals surface area contributed by atoms with Crippen molar-refractivity contribution in [2.24, 2.45) is 0 Å². The summed E-state index contributed by atoms with van der Waals surface area (Å²) >= 11 is 5.53. The van der Waals surface area contributed by atoms with Gasteiger partial charge in [0.05, 0.1) is 10.6 Å². The van der Waals surface area contributed by atoms with Gasteiger partial charge in [-0.2, -0.15) is 13.2 Å². The molecule has 2 N–H and O–H groups in total. The molecule has 1 aliphatic carbocycles. The molecule has 0 radical (unpaired) electrons. The summed E-state index contributed by atoms with van der Waals surface area (Å²) in [5.41, 5.74) is 0.405. The third kappa shape index (κ3) is 5.46. The molecule has 3 nitrogen and oxygen atoms in total. The topological polar surface area (TPSA) is 41.1 Å². The number of carbonyl (C=O) groups excluding carboxylic acids is 1. The van der Waals surface area contributed by atoms with Crippen molar-refractivity contribution < 1.29 is 18.0 Å². The van der Waals surface area contributed by atoms with Crippen LogP contribution in [0.25, 0.3) is 0 Å². The smallest absolute Gasteiger partial charge is 0.338 e. The van der Waals surface area contributed by atoms with E-state index in [9.17, 15) is 18.0 Å². The Kier molecular flexibility index (Phi) is 5.93. The summed E-state index contributed by atoms with van der Waals surface area (Å²) < 4.78 is 38.3. The number of halogens is 4. The zero-order chi connectivity index (χ0) is 16.9. The third-order valence-electron chi connectivity index (χ3n) is 3.65. The molecule has 0 saturated carbocycles. The number of alkyl halides is 3. The molecule has 0 unspecified atom stereocenters. The van der Waals surface area contributed by atoms with E-state index in [2.05, 4.69) is 16.7 Å². The van der Waals surface area contributed by atoms with E-state index >= 15 is 0 Å². The molecule has 1 aliphatic rings. The maximum atomic E-state index is 12.8. The Labute approximate surface area is 137 Å². The molecule has 1 aromatic rings. The minimum absolute atomic E-state index is 0.0520. The molecule has 126 valence electrons. The van der Waals surface area contributed by atoms with Crippen molar-refractivity contribution in [3.63, 3.8) is 0 Å². The quantitative estimate of drug-likeness (QED) is 0.707. The Morgan fingerprint density at radius 1 is 1.26 bits per heavy atom. The summed E-state index contributed by atoms with van der Waals surface area (Å²) in [4.78, 5) is 11.7. The number of hydrogen-bond acceptors (Lipinski definition) is 1. The van der Waals surface area contributed by atoms with E-state index in [0.717, 1.165) is 31.4 Å². The van der Waals surface area contributed by atoms with Crippen molar-refractivity contribution in [1.29, 1.82) is 0 Å². The molecule has 2 rings (SSSR count). The van der Waals surface area contributed by atoms with E-state index in [1.807, 2.05) is 0 Å². The van der Waals surface area contributed by atoms with Crippen LogP contribution in [0.15, 0.2) is 29.8 Å². The number of nitrogens with one attached hydrogen (secondary N) is 2. The molecule has 7 heteroatoms. The molecular weight excluding hydrogens is 329 g/mol. The highest BCUT2D eigenvalue weighted by Crippen LogP contribution is 2.36. The van der Waals surface area contributed by atoms with Crippen molar-refractivity contribution in [2.75, 3.05) is 11.9 Å². The molecule has 0 bridgehead atoms. The van der Waals surface area contributed by atoms with Gasteiger partial charge in [-0.1, -0.05) is 23.3 Å². The van der Waals surface area contributed by atoms with Gasteiger partial charge in [0.1, 0.15) is 0 Å². The normalized spacial score (nSPS) is 15.0. The highest BCUT2D eigenvalue weighted by Gasteiger charge is 2.33. The monoisotopic (exact) mass is 346 g/mol. The minimum atomic E-state index is -4.56. The standard InChI is InChI=1S/C16H18ClF3N2O/c17-14-7-6-12(10-13(14)16(18,19)20)22-15(23)21-9-8-11-4-2-1-3-5-11/h4,6-7,10H,1-3,5,8-9H2,(H2,21,22,23). The molecular formula is C16H18ClF3N2O. The molecule has 0 atom stereocenters. The fourth-order valence-corrected chi connectivity index (χ4v) is 2.69. The van der Waals surface area contributed by atoms with Gasteiger partial charge in [0, 0.05) is 12.2 Å². The molecule has 0 aromatic heterocycles. The lowest BCUT2D eigenvalue weighted by atomic mass is 9.97. The van der Waals surface area contributed by atoms with Crippen LogP contribution in [0.4, 0.5) is 23.7 Å². The predicted octanol–water partition coefficient (Wildman–Crippen LogP) is 5.37. The van der Waals surface area contributed by atoms with E-state index in [-0.39, 0.29) is 5.69 Å². The van der Waals surface area contributed by atoms with Gasteiger partial charge in [-0.25, -0.2) is 4.79 Å². The Hall–Kier alpha value is -1.69. The van der Waals surface area contributed by atoms with Gasteiger partial charge in [0.25, 0.3) is 0 Å². The van der Waals surface area contributed by atoms with Gasteiger partial charge in [-0.15, -0.1) is 0 Å². The fourth-order valence-electron chi connectivity index (χ4n) is 2.46. The van der Waals surface area contributed by atoms with Gasteiger partial charge < -0.3 is 10.6 Å². The molecule has 2 amide bonds. The SMILES string of the molecule is O=C(NCCC1=CCCCC1)Nc1ccc(Cl)c(C(F)(F)F)c1. The van der Waals surface area contributed by atoms with Gasteiger partial charge in [0.15, 0.2) is 0 Å². The molecule has 0 spiro atoms. The molecule has 23 heavy (non-hydrogen) atoms. The van der Waals surface area contributed by atoms with Crippen LogP contribution in [0.2, 0.25) is 5.02 Å². The summed E-state index contributed by atoms with van der Waals surface area (Å²) in [6.45, 7) is 0.456. The van der Waals surface area contributed by atoms with Crippen LogP contribution in [0, 0.1) is 0 Å². The largest absolute Gasteiger partial charge is 0.417 e. The number of rotatable bonds is 4. The number of benzene rings is 1. The van der Waals surface area contributed by atoms with Crippen molar-refractivity contribution in [2.45, 2.75) is 38.3 Å². The van der Waals surface area contributed by atoms with E-state index < -0.39 is 22.8 Å². The first-order valence-electron chi connectivity index (χ1n) is 7.46. The van der Waals surface area contributed by atoms with E-state index in [4.69, 9.17) is 11.6 Å². The van der Waals surface area contributed by atoms with Crippen molar-refractivity contribution in [3.8, 4) is 0 Å². The Bertz CT molecular complexity index is 599. The third-order valence-corrected chi connectivity index (χ3v) is 3.98. The average Bonchev–Trinajstić information content (AvgIpc) is 2.49. The summed E-state index contributed by atoms with van der Waals surface area (Å²) in [5, 5.41) is 4.64. The Balaban J connectivity index is 1.86. The number of urea groups is 1. The predicted molar refractivity (Wildman–Crippen MR) is 84.6 cm³/mol. The van der Waals surface area contributed by atoms with Crippen LogP contribution in [0.3, 0.4) is 0 Å². The summed E-state index contributed by atoms with van der Waals surface area (Å²) in [7, 11) is 0. The fraction of sp³-hybridized carbons (Fsp3) is 0.438. The second-order valence-electron chi connectivity index (χ2n) is 5.43. The average molecular weight is 347 g/mol. The van der Waals surface area contributed by atoms with E-state index in [1.165, 1.54) is 24.5 Å². The van der Waals surface area contributed by atoms with Crippen molar-refractivity contribution >= 4 is 23.3 Å². The van der Waals surface area contributed by atoms with E-state index in [1.54, 1.807) is 0 Å². The van der Waals surface area contributed by atoms with Crippen LogP contribution >= 0.6 is 11.6 Å². The Morgan fingerprint density at radius 3 is 2.70 bits per heavy atom. The van der Waals surface area contributed by atoms with Crippen LogP contribution in [-0.4, -0.2) is 12.6 Å². The molecule has 0 fully saturated rings. The second-order valence-corrected chi connectivity index (χ2v) is 5.84. The first kappa shape index (κ1) is 17.7. The first-order chi connectivity index (χ1) is 10.9. The van der Waals surface area contributed by atoms with Crippen LogP contribution in [0.1, 0.15) is 37.7 Å². The highest BCUT2D eigenvalue weighted by molar-refractivity contribution is 6.31. The summed E-state index contributed by atoms with van der Waals surface area (Å²) in [6.07, 6.45) is 2.90. The van der Waals surface area contributed by atoms with Crippen LogP contribution in [0.5, 0.6) is 0 Å². The van der Waals surface area contributed by atoms with Gasteiger partial charge in [0.2, 0.25) is 0 Å². The van der Waals surface area contributed by atoms with Crippen LogP contribution in [-0.2, 0) is 6.18 Å². The second kappa shape index (κ2) is 7.73. The molecule has 0 heterocycles. The number of amides is 2. The molecule has 0 saturated heterocycles. The van der Waals surface area contributed by atoms with Gasteiger partial charge in [-0.3, -0.25) is 0 Å². The number of hydrogen-bond donors (Lipinski definition) is 2. The maximum Gasteiger partial charge on any atom is 0.417 e.